The first-order valence-corrected chi connectivity index (χ1v) is 11.8. The average Bonchev–Trinajstić information content (AvgIpc) is 2.85. The SMILES string of the molecule is CCOc1cc([C@H]2NC(=O)NC(CN3CCN(c4cccc(C)c4)CC3)=C2C(=O)OC)ccc1O. The largest absolute Gasteiger partial charge is 0.504 e. The molecule has 0 radical (unpaired) electrons. The van der Waals surface area contributed by atoms with Crippen LogP contribution in [0.25, 0.3) is 0 Å². The molecule has 2 aliphatic rings. The lowest BCUT2D eigenvalue weighted by Crippen LogP contribution is -2.51. The summed E-state index contributed by atoms with van der Waals surface area (Å²) >= 11 is 0. The van der Waals surface area contributed by atoms with E-state index in [0.29, 0.717) is 30.0 Å². The van der Waals surface area contributed by atoms with Crippen LogP contribution in [0.3, 0.4) is 0 Å². The summed E-state index contributed by atoms with van der Waals surface area (Å²) in [6, 6.07) is 12.1. The number of carbonyl (C=O) groups excluding carboxylic acids is 2. The van der Waals surface area contributed by atoms with E-state index in [9.17, 15) is 14.7 Å². The van der Waals surface area contributed by atoms with Crippen LogP contribution in [0.15, 0.2) is 53.7 Å². The predicted octanol–water partition coefficient (Wildman–Crippen LogP) is 2.70. The Labute approximate surface area is 205 Å². The molecular weight excluding hydrogens is 448 g/mol. The molecule has 2 aliphatic heterocycles. The van der Waals surface area contributed by atoms with Crippen LogP contribution in [0, 0.1) is 6.92 Å². The van der Waals surface area contributed by atoms with Crippen molar-refractivity contribution in [3.8, 4) is 11.5 Å². The molecule has 2 amide bonds. The van der Waals surface area contributed by atoms with Gasteiger partial charge in [0.05, 0.1) is 25.3 Å². The summed E-state index contributed by atoms with van der Waals surface area (Å²) in [6.45, 7) is 7.94. The van der Waals surface area contributed by atoms with E-state index in [2.05, 4.69) is 51.6 Å². The van der Waals surface area contributed by atoms with Crippen LogP contribution < -0.4 is 20.3 Å². The second-order valence-corrected chi connectivity index (χ2v) is 8.68. The number of rotatable bonds is 7. The Morgan fingerprint density at radius 2 is 1.91 bits per heavy atom. The third kappa shape index (κ3) is 5.51. The van der Waals surface area contributed by atoms with E-state index in [1.54, 1.807) is 12.1 Å². The third-order valence-corrected chi connectivity index (χ3v) is 6.30. The molecular formula is C26H32N4O5. The molecule has 0 spiro atoms. The van der Waals surface area contributed by atoms with Gasteiger partial charge in [0.25, 0.3) is 0 Å². The van der Waals surface area contributed by atoms with Crippen molar-refractivity contribution in [2.45, 2.75) is 19.9 Å². The average molecular weight is 481 g/mol. The second kappa shape index (κ2) is 10.7. The standard InChI is InChI=1S/C26H32N4O5/c1-4-35-22-15-18(8-9-21(22)31)24-23(25(32)34-3)20(27-26(33)28-24)16-29-10-12-30(13-11-29)19-7-5-6-17(2)14-19/h5-9,14-15,24,31H,4,10-13,16H2,1-3H3,(H2,27,28,33)/t24-/m1/s1. The fourth-order valence-electron chi connectivity index (χ4n) is 4.54. The minimum atomic E-state index is -0.736. The molecule has 2 heterocycles. The van der Waals surface area contributed by atoms with Crippen molar-refractivity contribution in [2.75, 3.05) is 51.3 Å². The Bertz CT molecular complexity index is 1120. The number of aromatic hydroxyl groups is 1. The van der Waals surface area contributed by atoms with Gasteiger partial charge in [0, 0.05) is 44.1 Å². The lowest BCUT2D eigenvalue weighted by Gasteiger charge is -2.38. The van der Waals surface area contributed by atoms with Gasteiger partial charge in [-0.2, -0.15) is 0 Å². The van der Waals surface area contributed by atoms with E-state index >= 15 is 0 Å². The number of phenols is 1. The maximum absolute atomic E-state index is 12.9. The lowest BCUT2D eigenvalue weighted by atomic mass is 9.94. The van der Waals surface area contributed by atoms with E-state index in [1.807, 2.05) is 6.92 Å². The molecule has 4 rings (SSSR count). The molecule has 1 atom stereocenters. The fourth-order valence-corrected chi connectivity index (χ4v) is 4.54. The smallest absolute Gasteiger partial charge is 0.338 e. The third-order valence-electron chi connectivity index (χ3n) is 6.30. The van der Waals surface area contributed by atoms with Crippen LogP contribution in [0.5, 0.6) is 11.5 Å². The van der Waals surface area contributed by atoms with Crippen molar-refractivity contribution in [3.63, 3.8) is 0 Å². The van der Waals surface area contributed by atoms with Crippen LogP contribution >= 0.6 is 0 Å². The van der Waals surface area contributed by atoms with Gasteiger partial charge < -0.3 is 30.1 Å². The number of carbonyl (C=O) groups is 2. The number of nitrogens with zero attached hydrogens (tertiary/aromatic N) is 2. The number of hydrogen-bond acceptors (Lipinski definition) is 7. The van der Waals surface area contributed by atoms with E-state index in [-0.39, 0.29) is 11.5 Å². The quantitative estimate of drug-likeness (QED) is 0.524. The number of phenolic OH excluding ortho intramolecular Hbond substituents is 1. The number of amides is 2. The molecule has 186 valence electrons. The molecule has 9 nitrogen and oxygen atoms in total. The molecule has 35 heavy (non-hydrogen) atoms. The first-order valence-electron chi connectivity index (χ1n) is 11.8. The van der Waals surface area contributed by atoms with Gasteiger partial charge in [-0.05, 0) is 49.2 Å². The number of anilines is 1. The van der Waals surface area contributed by atoms with Crippen LogP contribution in [0.2, 0.25) is 0 Å². The van der Waals surface area contributed by atoms with Crippen molar-refractivity contribution in [1.29, 1.82) is 0 Å². The second-order valence-electron chi connectivity index (χ2n) is 8.68. The molecule has 2 aromatic rings. The van der Waals surface area contributed by atoms with Gasteiger partial charge in [0.15, 0.2) is 11.5 Å². The highest BCUT2D eigenvalue weighted by Gasteiger charge is 2.35. The van der Waals surface area contributed by atoms with Crippen molar-refractivity contribution < 1.29 is 24.2 Å². The number of piperazine rings is 1. The van der Waals surface area contributed by atoms with Crippen LogP contribution in [0.4, 0.5) is 10.5 Å². The number of benzene rings is 2. The van der Waals surface area contributed by atoms with Crippen molar-refractivity contribution >= 4 is 17.7 Å². The van der Waals surface area contributed by atoms with Crippen LogP contribution in [-0.2, 0) is 9.53 Å². The number of methoxy groups -OCH3 is 1. The minimum absolute atomic E-state index is 0.00818. The summed E-state index contributed by atoms with van der Waals surface area (Å²) in [5.41, 5.74) is 3.89. The Kier molecular flexibility index (Phi) is 7.45. The van der Waals surface area contributed by atoms with E-state index in [0.717, 1.165) is 26.2 Å². The van der Waals surface area contributed by atoms with Crippen molar-refractivity contribution in [3.05, 3.63) is 64.9 Å². The van der Waals surface area contributed by atoms with Gasteiger partial charge >= 0.3 is 12.0 Å². The Hall–Kier alpha value is -3.72. The zero-order valence-electron chi connectivity index (χ0n) is 20.3. The number of ether oxygens (including phenoxy) is 2. The molecule has 3 N–H and O–H groups in total. The summed E-state index contributed by atoms with van der Waals surface area (Å²) in [5, 5.41) is 15.7. The van der Waals surface area contributed by atoms with Gasteiger partial charge in [-0.15, -0.1) is 0 Å². The number of urea groups is 1. The van der Waals surface area contributed by atoms with Crippen molar-refractivity contribution in [2.24, 2.45) is 0 Å². The minimum Gasteiger partial charge on any atom is -0.504 e. The molecule has 2 aromatic carbocycles. The molecule has 0 unspecified atom stereocenters. The number of esters is 1. The molecule has 0 aliphatic carbocycles. The van der Waals surface area contributed by atoms with E-state index in [4.69, 9.17) is 9.47 Å². The van der Waals surface area contributed by atoms with Gasteiger partial charge in [-0.1, -0.05) is 18.2 Å². The summed E-state index contributed by atoms with van der Waals surface area (Å²) in [7, 11) is 1.32. The van der Waals surface area contributed by atoms with Gasteiger partial charge in [-0.3, -0.25) is 4.90 Å². The van der Waals surface area contributed by atoms with Gasteiger partial charge in [0.2, 0.25) is 0 Å². The van der Waals surface area contributed by atoms with Crippen LogP contribution in [0.1, 0.15) is 24.1 Å². The molecule has 0 saturated carbocycles. The summed E-state index contributed by atoms with van der Waals surface area (Å²) in [4.78, 5) is 30.0. The zero-order valence-corrected chi connectivity index (χ0v) is 20.3. The number of nitrogens with one attached hydrogen (secondary N) is 2. The highest BCUT2D eigenvalue weighted by atomic mass is 16.5. The molecule has 1 fully saturated rings. The fraction of sp³-hybridized carbons (Fsp3) is 0.385. The van der Waals surface area contributed by atoms with E-state index < -0.39 is 18.0 Å². The van der Waals surface area contributed by atoms with Crippen molar-refractivity contribution in [1.82, 2.24) is 15.5 Å². The molecule has 0 aromatic heterocycles. The molecule has 1 saturated heterocycles. The topological polar surface area (TPSA) is 103 Å². The first kappa shape index (κ1) is 24.4. The zero-order chi connectivity index (χ0) is 24.9. The Morgan fingerprint density at radius 1 is 1.14 bits per heavy atom. The monoisotopic (exact) mass is 480 g/mol. The predicted molar refractivity (Wildman–Crippen MR) is 133 cm³/mol. The summed E-state index contributed by atoms with van der Waals surface area (Å²) < 4.78 is 10.6. The maximum atomic E-state index is 12.9. The number of aryl methyl sites for hydroxylation is 1. The van der Waals surface area contributed by atoms with Gasteiger partial charge in [-0.25, -0.2) is 9.59 Å². The normalized spacial score (nSPS) is 18.7. The lowest BCUT2D eigenvalue weighted by molar-refractivity contribution is -0.136. The Balaban J connectivity index is 1.57. The summed E-state index contributed by atoms with van der Waals surface area (Å²) in [5.74, 6) is -0.246. The maximum Gasteiger partial charge on any atom is 0.338 e. The number of hydrogen-bond donors (Lipinski definition) is 3. The molecule has 0 bridgehead atoms. The van der Waals surface area contributed by atoms with Gasteiger partial charge in [0.1, 0.15) is 0 Å². The summed E-state index contributed by atoms with van der Waals surface area (Å²) in [6.07, 6.45) is 0. The highest BCUT2D eigenvalue weighted by molar-refractivity contribution is 5.95. The molecule has 9 heteroatoms. The van der Waals surface area contributed by atoms with E-state index in [1.165, 1.54) is 24.4 Å². The first-order chi connectivity index (χ1) is 16.9. The van der Waals surface area contributed by atoms with Crippen LogP contribution in [-0.4, -0.2) is 68.4 Å². The highest BCUT2D eigenvalue weighted by Crippen LogP contribution is 2.34. The Morgan fingerprint density at radius 3 is 2.60 bits per heavy atom.